The van der Waals surface area contributed by atoms with Crippen LogP contribution in [0.1, 0.15) is 27.0 Å². The number of amides is 2. The maximum Gasteiger partial charge on any atom is 0.419 e. The molecule has 170 valence electrons. The minimum absolute atomic E-state index is 0.00975. The molecular formula is C22H17F4N5O2. The van der Waals surface area contributed by atoms with Crippen LogP contribution in [0.3, 0.4) is 0 Å². The Labute approximate surface area is 185 Å². The van der Waals surface area contributed by atoms with Crippen LogP contribution in [0.2, 0.25) is 0 Å². The minimum atomic E-state index is -4.74. The third kappa shape index (κ3) is 4.71. The van der Waals surface area contributed by atoms with Gasteiger partial charge in [-0.05, 0) is 41.5 Å². The van der Waals surface area contributed by atoms with Gasteiger partial charge in [-0.15, -0.1) is 0 Å². The summed E-state index contributed by atoms with van der Waals surface area (Å²) >= 11 is 0. The summed E-state index contributed by atoms with van der Waals surface area (Å²) in [6.45, 7) is -0.862. The average Bonchev–Trinajstić information content (AvgIpc) is 3.12. The van der Waals surface area contributed by atoms with E-state index in [1.54, 1.807) is 18.2 Å². The van der Waals surface area contributed by atoms with E-state index in [2.05, 4.69) is 20.9 Å². The fraction of sp³-hybridized carbons (Fsp3) is 0.136. The van der Waals surface area contributed by atoms with Crippen molar-refractivity contribution in [2.24, 2.45) is 5.73 Å². The fourth-order valence-corrected chi connectivity index (χ4v) is 3.44. The van der Waals surface area contributed by atoms with E-state index in [1.165, 1.54) is 18.2 Å². The van der Waals surface area contributed by atoms with Crippen molar-refractivity contribution in [1.82, 2.24) is 4.98 Å². The summed E-state index contributed by atoms with van der Waals surface area (Å²) in [5, 5.41) is 8.18. The van der Waals surface area contributed by atoms with Gasteiger partial charge in [0.2, 0.25) is 5.91 Å². The number of carbonyl (C=O) groups excluding carboxylic acids is 2. The van der Waals surface area contributed by atoms with E-state index in [0.29, 0.717) is 17.6 Å². The number of carbonyl (C=O) groups is 2. The quantitative estimate of drug-likeness (QED) is 0.401. The lowest BCUT2D eigenvalue weighted by Gasteiger charge is -2.18. The van der Waals surface area contributed by atoms with E-state index >= 15 is 0 Å². The van der Waals surface area contributed by atoms with Crippen LogP contribution in [0.4, 0.5) is 46.1 Å². The van der Waals surface area contributed by atoms with E-state index < -0.39 is 24.3 Å². The summed E-state index contributed by atoms with van der Waals surface area (Å²) in [4.78, 5) is 27.1. The van der Waals surface area contributed by atoms with Crippen molar-refractivity contribution in [2.75, 3.05) is 16.0 Å². The molecule has 4 rings (SSSR count). The first-order valence-corrected chi connectivity index (χ1v) is 9.67. The number of nitrogens with two attached hydrogens (primary N) is 1. The second kappa shape index (κ2) is 8.41. The summed E-state index contributed by atoms with van der Waals surface area (Å²) in [5.74, 6) is -0.982. The number of fused-ring (bicyclic) bond motifs is 1. The first kappa shape index (κ1) is 22.1. The number of primary amides is 1. The molecule has 0 fully saturated rings. The van der Waals surface area contributed by atoms with Crippen LogP contribution in [-0.4, -0.2) is 16.8 Å². The molecule has 0 atom stereocenters. The third-order valence-corrected chi connectivity index (χ3v) is 4.99. The molecule has 0 unspecified atom stereocenters. The molecule has 33 heavy (non-hydrogen) atoms. The molecule has 11 heteroatoms. The monoisotopic (exact) mass is 459 g/mol. The van der Waals surface area contributed by atoms with Gasteiger partial charge in [-0.3, -0.25) is 9.59 Å². The predicted octanol–water partition coefficient (Wildman–Crippen LogP) is 4.65. The van der Waals surface area contributed by atoms with Crippen LogP contribution in [0.25, 0.3) is 0 Å². The number of benzene rings is 2. The van der Waals surface area contributed by atoms with Gasteiger partial charge in [0, 0.05) is 23.6 Å². The molecule has 1 aliphatic heterocycles. The Hall–Kier alpha value is -4.15. The summed E-state index contributed by atoms with van der Waals surface area (Å²) in [5.41, 5.74) is 5.81. The first-order valence-electron chi connectivity index (χ1n) is 9.67. The lowest BCUT2D eigenvalue weighted by Crippen LogP contribution is -2.15. The van der Waals surface area contributed by atoms with Gasteiger partial charge in [0.1, 0.15) is 12.5 Å². The summed E-state index contributed by atoms with van der Waals surface area (Å²) < 4.78 is 53.7. The second-order valence-corrected chi connectivity index (χ2v) is 7.34. The largest absolute Gasteiger partial charge is 0.419 e. The van der Waals surface area contributed by atoms with E-state index in [4.69, 9.17) is 5.73 Å². The Morgan fingerprint density at radius 2 is 1.88 bits per heavy atom. The summed E-state index contributed by atoms with van der Waals surface area (Å²) in [7, 11) is 0. The van der Waals surface area contributed by atoms with Crippen molar-refractivity contribution in [2.45, 2.75) is 19.3 Å². The zero-order valence-corrected chi connectivity index (χ0v) is 16.9. The molecule has 0 spiro atoms. The van der Waals surface area contributed by atoms with Gasteiger partial charge in [0.05, 0.1) is 28.9 Å². The maximum absolute atomic E-state index is 13.6. The Balaban J connectivity index is 1.69. The molecule has 0 radical (unpaired) electrons. The Morgan fingerprint density at radius 1 is 1.09 bits per heavy atom. The van der Waals surface area contributed by atoms with Crippen molar-refractivity contribution in [3.63, 3.8) is 0 Å². The molecule has 0 aliphatic carbocycles. The van der Waals surface area contributed by atoms with Crippen molar-refractivity contribution in [3.8, 4) is 0 Å². The Bertz CT molecular complexity index is 1260. The highest BCUT2D eigenvalue weighted by Crippen LogP contribution is 2.38. The Morgan fingerprint density at radius 3 is 2.58 bits per heavy atom. The van der Waals surface area contributed by atoms with Crippen molar-refractivity contribution in [3.05, 3.63) is 70.9 Å². The number of anilines is 5. The number of hydrogen-bond donors (Lipinski definition) is 4. The van der Waals surface area contributed by atoms with E-state index in [0.717, 1.165) is 11.6 Å². The highest BCUT2D eigenvalue weighted by molar-refractivity contribution is 6.00. The number of nitrogens with zero attached hydrogens (tertiary/aromatic N) is 1. The van der Waals surface area contributed by atoms with Gasteiger partial charge in [0.25, 0.3) is 5.91 Å². The maximum atomic E-state index is 13.6. The van der Waals surface area contributed by atoms with Gasteiger partial charge in [-0.25, -0.2) is 9.37 Å². The molecule has 0 saturated heterocycles. The second-order valence-electron chi connectivity index (χ2n) is 7.34. The lowest BCUT2D eigenvalue weighted by molar-refractivity contribution is -0.137. The van der Waals surface area contributed by atoms with Gasteiger partial charge in [-0.2, -0.15) is 13.2 Å². The topological polar surface area (TPSA) is 109 Å². The molecule has 7 nitrogen and oxygen atoms in total. The average molecular weight is 459 g/mol. The Kier molecular flexibility index (Phi) is 5.62. The van der Waals surface area contributed by atoms with Gasteiger partial charge < -0.3 is 21.7 Å². The fourth-order valence-electron chi connectivity index (χ4n) is 3.44. The number of halogens is 4. The highest BCUT2D eigenvalue weighted by Gasteiger charge is 2.34. The van der Waals surface area contributed by atoms with Crippen LogP contribution < -0.4 is 21.7 Å². The molecule has 0 saturated carbocycles. The van der Waals surface area contributed by atoms with Crippen LogP contribution >= 0.6 is 0 Å². The van der Waals surface area contributed by atoms with Gasteiger partial charge >= 0.3 is 6.18 Å². The minimum Gasteiger partial charge on any atom is -0.366 e. The van der Waals surface area contributed by atoms with E-state index in [-0.39, 0.29) is 40.6 Å². The molecule has 1 aromatic heterocycles. The molecule has 2 aromatic carbocycles. The number of alkyl halides is 4. The zero-order valence-electron chi connectivity index (χ0n) is 16.9. The summed E-state index contributed by atoms with van der Waals surface area (Å²) in [6, 6.07) is 9.95. The van der Waals surface area contributed by atoms with Crippen molar-refractivity contribution < 1.29 is 27.2 Å². The van der Waals surface area contributed by atoms with Gasteiger partial charge in [-0.1, -0.05) is 6.07 Å². The number of pyridine rings is 1. The standard InChI is InChI=1S/C22H17F4N5O2/c23-9-11-1-3-17(14(5-11)21(27)33)30-18-8-19(28-10-15(18)22(24,25)26)29-13-2-4-16-12(6-13)7-20(32)31-16/h1-6,8,10H,7,9H2,(H2,27,33)(H,31,32)(H2,28,29,30). The van der Waals surface area contributed by atoms with E-state index in [9.17, 15) is 27.2 Å². The van der Waals surface area contributed by atoms with Crippen LogP contribution in [-0.2, 0) is 24.1 Å². The van der Waals surface area contributed by atoms with Gasteiger partial charge in [0.15, 0.2) is 0 Å². The van der Waals surface area contributed by atoms with Crippen molar-refractivity contribution >= 4 is 40.4 Å². The zero-order chi connectivity index (χ0) is 23.8. The van der Waals surface area contributed by atoms with Crippen molar-refractivity contribution in [1.29, 1.82) is 0 Å². The molecule has 5 N–H and O–H groups in total. The summed E-state index contributed by atoms with van der Waals surface area (Å²) in [6.07, 6.45) is -3.88. The number of hydrogen-bond acceptors (Lipinski definition) is 5. The third-order valence-electron chi connectivity index (χ3n) is 4.99. The molecule has 1 aliphatic rings. The van der Waals surface area contributed by atoms with Crippen LogP contribution in [0.5, 0.6) is 0 Å². The smallest absolute Gasteiger partial charge is 0.366 e. The lowest BCUT2D eigenvalue weighted by atomic mass is 10.1. The molecule has 2 heterocycles. The molecule has 0 bridgehead atoms. The normalized spacial score (nSPS) is 12.8. The molecular weight excluding hydrogens is 442 g/mol. The SMILES string of the molecule is NC(=O)c1cc(CF)ccc1Nc1cc(Nc2ccc3c(c2)CC(=O)N3)ncc1C(F)(F)F. The van der Waals surface area contributed by atoms with E-state index in [1.807, 2.05) is 0 Å². The number of rotatable bonds is 6. The van der Waals surface area contributed by atoms with Crippen LogP contribution in [0, 0.1) is 0 Å². The predicted molar refractivity (Wildman–Crippen MR) is 114 cm³/mol. The number of nitrogens with one attached hydrogen (secondary N) is 3. The first-order chi connectivity index (χ1) is 15.6. The van der Waals surface area contributed by atoms with Crippen LogP contribution in [0.15, 0.2) is 48.7 Å². The molecule has 2 amide bonds. The number of aromatic nitrogens is 1. The highest BCUT2D eigenvalue weighted by atomic mass is 19.4. The molecule has 3 aromatic rings.